The Labute approximate surface area is 197 Å². The molecule has 0 spiro atoms. The average molecular weight is 461 g/mol. The van der Waals surface area contributed by atoms with Gasteiger partial charge in [0.2, 0.25) is 0 Å². The number of hydrogen-bond donors (Lipinski definition) is 2. The van der Waals surface area contributed by atoms with Gasteiger partial charge in [-0.2, -0.15) is 0 Å². The van der Waals surface area contributed by atoms with Crippen molar-refractivity contribution in [1.29, 1.82) is 0 Å². The third-order valence-corrected chi connectivity index (χ3v) is 8.54. The smallest absolute Gasteiger partial charge is 0.331 e. The van der Waals surface area contributed by atoms with Crippen LogP contribution < -0.4 is 0 Å². The molecule has 184 valence electrons. The van der Waals surface area contributed by atoms with Crippen molar-refractivity contribution >= 4 is 11.9 Å². The molecule has 0 amide bonds. The highest BCUT2D eigenvalue weighted by molar-refractivity contribution is 5.86. The summed E-state index contributed by atoms with van der Waals surface area (Å²) < 4.78 is 10.5. The first-order valence-electron chi connectivity index (χ1n) is 12.2. The molecule has 6 nitrogen and oxygen atoms in total. The largest absolute Gasteiger partial charge is 0.478 e. The molecule has 2 aliphatic rings. The van der Waals surface area contributed by atoms with Crippen LogP contribution in [0, 0.1) is 22.7 Å². The van der Waals surface area contributed by atoms with Crippen LogP contribution in [-0.2, 0) is 14.3 Å². The van der Waals surface area contributed by atoms with E-state index in [4.69, 9.17) is 9.15 Å². The molecule has 0 unspecified atom stereocenters. The van der Waals surface area contributed by atoms with Crippen molar-refractivity contribution in [3.8, 4) is 0 Å². The number of hydrogen-bond acceptors (Lipinski definition) is 5. The molecule has 0 aliphatic heterocycles. The zero-order valence-corrected chi connectivity index (χ0v) is 20.7. The van der Waals surface area contributed by atoms with Crippen molar-refractivity contribution in [2.45, 2.75) is 97.7 Å². The van der Waals surface area contributed by atoms with Crippen LogP contribution >= 0.6 is 0 Å². The molecule has 2 saturated carbocycles. The van der Waals surface area contributed by atoms with Crippen LogP contribution in [0.2, 0.25) is 0 Å². The van der Waals surface area contributed by atoms with Gasteiger partial charge in [0, 0.05) is 24.5 Å². The van der Waals surface area contributed by atoms with Crippen LogP contribution in [0.5, 0.6) is 0 Å². The highest BCUT2D eigenvalue weighted by atomic mass is 16.5. The third kappa shape index (κ3) is 5.53. The van der Waals surface area contributed by atoms with Crippen LogP contribution in [0.25, 0.3) is 0 Å². The number of rotatable bonds is 8. The minimum Gasteiger partial charge on any atom is -0.478 e. The molecular formula is C27H40O6. The normalized spacial score (nSPS) is 32.6. The van der Waals surface area contributed by atoms with Crippen molar-refractivity contribution in [2.75, 3.05) is 0 Å². The second-order valence-electron chi connectivity index (χ2n) is 11.3. The van der Waals surface area contributed by atoms with E-state index >= 15 is 0 Å². The van der Waals surface area contributed by atoms with Gasteiger partial charge >= 0.3 is 11.9 Å². The molecule has 2 N–H and O–H groups in total. The topological polar surface area (TPSA) is 97.0 Å². The second-order valence-corrected chi connectivity index (χ2v) is 11.3. The summed E-state index contributed by atoms with van der Waals surface area (Å²) in [4.78, 5) is 23.6. The first kappa shape index (κ1) is 25.5. The monoisotopic (exact) mass is 460 g/mol. The lowest BCUT2D eigenvalue weighted by Crippen LogP contribution is -2.57. The molecule has 6 heteroatoms. The SMILES string of the molecule is CC(=O)O[C@H](C/C=C(/CC[C@@H]1[C@@]2(C)CCCC(C)(C)[C@@H]2CC[C@@]1(C)O)C(=O)O)c1ccoc1. The van der Waals surface area contributed by atoms with Gasteiger partial charge < -0.3 is 19.4 Å². The molecule has 33 heavy (non-hydrogen) atoms. The predicted molar refractivity (Wildman–Crippen MR) is 125 cm³/mol. The van der Waals surface area contributed by atoms with Crippen molar-refractivity contribution in [2.24, 2.45) is 22.7 Å². The Bertz CT molecular complexity index is 865. The van der Waals surface area contributed by atoms with E-state index in [1.54, 1.807) is 12.1 Å². The van der Waals surface area contributed by atoms with Crippen molar-refractivity contribution in [3.63, 3.8) is 0 Å². The van der Waals surface area contributed by atoms with Gasteiger partial charge in [0.1, 0.15) is 6.10 Å². The standard InChI is InChI=1S/C27H40O6/c1-18(28)33-21(20-12-16-32-17-20)9-7-19(24(29)30)8-10-23-26(4)14-6-13-25(2,3)22(26)11-15-27(23,5)31/h7,12,16-17,21-23,31H,6,8-11,13-15H2,1-5H3,(H,29,30)/b19-7-/t21-,22+,23-,26+,27-/m1/s1. The number of carbonyl (C=O) groups excluding carboxylic acids is 1. The lowest BCUT2D eigenvalue weighted by molar-refractivity contribution is -0.169. The van der Waals surface area contributed by atoms with E-state index in [0.717, 1.165) is 25.7 Å². The number of esters is 1. The van der Waals surface area contributed by atoms with Gasteiger partial charge in [0.25, 0.3) is 0 Å². The molecule has 0 aromatic carbocycles. The maximum absolute atomic E-state index is 12.1. The summed E-state index contributed by atoms with van der Waals surface area (Å²) in [6.07, 6.45) is 10.5. The number of carbonyl (C=O) groups is 2. The minimum atomic E-state index is -0.968. The molecule has 0 bridgehead atoms. The molecule has 5 atom stereocenters. The Kier molecular flexibility index (Phi) is 7.47. The van der Waals surface area contributed by atoms with Crippen LogP contribution in [0.1, 0.15) is 97.7 Å². The van der Waals surface area contributed by atoms with E-state index < -0.39 is 23.6 Å². The number of aliphatic hydroxyl groups is 1. The Morgan fingerprint density at radius 3 is 2.58 bits per heavy atom. The second kappa shape index (κ2) is 9.65. The number of carboxylic acids is 1. The highest BCUT2D eigenvalue weighted by Gasteiger charge is 2.57. The molecule has 2 fully saturated rings. The summed E-state index contributed by atoms with van der Waals surface area (Å²) in [5.74, 6) is -0.839. The Hall–Kier alpha value is -2.08. The maximum atomic E-state index is 12.1. The number of aliphatic carboxylic acids is 1. The van der Waals surface area contributed by atoms with Gasteiger partial charge in [-0.15, -0.1) is 0 Å². The van der Waals surface area contributed by atoms with Crippen molar-refractivity contribution in [3.05, 3.63) is 35.8 Å². The van der Waals surface area contributed by atoms with Crippen LogP contribution in [0.3, 0.4) is 0 Å². The number of carboxylic acid groups (broad SMARTS) is 1. The fourth-order valence-corrected chi connectivity index (χ4v) is 7.02. The lowest BCUT2D eigenvalue weighted by Gasteiger charge is -2.61. The number of furan rings is 1. The number of ether oxygens (including phenoxy) is 1. The van der Waals surface area contributed by atoms with Gasteiger partial charge in [-0.25, -0.2) is 4.79 Å². The zero-order chi connectivity index (χ0) is 24.4. The van der Waals surface area contributed by atoms with Crippen LogP contribution in [-0.4, -0.2) is 27.8 Å². The molecule has 0 radical (unpaired) electrons. The van der Waals surface area contributed by atoms with E-state index in [1.807, 2.05) is 6.92 Å². The fraction of sp³-hybridized carbons (Fsp3) is 0.704. The van der Waals surface area contributed by atoms with E-state index in [1.165, 1.54) is 25.9 Å². The van der Waals surface area contributed by atoms with E-state index in [0.29, 0.717) is 29.9 Å². The summed E-state index contributed by atoms with van der Waals surface area (Å²) in [5, 5.41) is 21.2. The fourth-order valence-electron chi connectivity index (χ4n) is 7.02. The summed E-state index contributed by atoms with van der Waals surface area (Å²) in [7, 11) is 0. The van der Waals surface area contributed by atoms with Crippen molar-refractivity contribution in [1.82, 2.24) is 0 Å². The maximum Gasteiger partial charge on any atom is 0.331 e. The molecular weight excluding hydrogens is 420 g/mol. The van der Waals surface area contributed by atoms with E-state index in [9.17, 15) is 19.8 Å². The molecule has 1 heterocycles. The molecule has 1 aromatic rings. The highest BCUT2D eigenvalue weighted by Crippen LogP contribution is 2.63. The van der Waals surface area contributed by atoms with Gasteiger partial charge in [-0.3, -0.25) is 4.79 Å². The van der Waals surface area contributed by atoms with E-state index in [-0.39, 0.29) is 23.2 Å². The summed E-state index contributed by atoms with van der Waals surface area (Å²) in [5.41, 5.74) is 0.409. The third-order valence-electron chi connectivity index (χ3n) is 8.54. The first-order valence-corrected chi connectivity index (χ1v) is 12.2. The average Bonchev–Trinajstić information content (AvgIpc) is 3.21. The first-order chi connectivity index (χ1) is 15.4. The van der Waals surface area contributed by atoms with Gasteiger partial charge in [-0.1, -0.05) is 33.3 Å². The minimum absolute atomic E-state index is 0.00974. The molecule has 3 rings (SSSR count). The Morgan fingerprint density at radius 2 is 1.97 bits per heavy atom. The van der Waals surface area contributed by atoms with Crippen LogP contribution in [0.15, 0.2) is 34.7 Å². The van der Waals surface area contributed by atoms with Crippen LogP contribution in [0.4, 0.5) is 0 Å². The Morgan fingerprint density at radius 1 is 1.24 bits per heavy atom. The lowest BCUT2D eigenvalue weighted by atomic mass is 9.45. The summed E-state index contributed by atoms with van der Waals surface area (Å²) in [6, 6.07) is 1.72. The van der Waals surface area contributed by atoms with Crippen molar-refractivity contribution < 1.29 is 29.0 Å². The molecule has 2 aliphatic carbocycles. The van der Waals surface area contributed by atoms with Gasteiger partial charge in [-0.05, 0) is 74.2 Å². The number of fused-ring (bicyclic) bond motifs is 1. The quantitative estimate of drug-likeness (QED) is 0.362. The molecule has 1 aromatic heterocycles. The molecule has 0 saturated heterocycles. The van der Waals surface area contributed by atoms with Gasteiger partial charge in [0.15, 0.2) is 0 Å². The van der Waals surface area contributed by atoms with Gasteiger partial charge in [0.05, 0.1) is 18.1 Å². The predicted octanol–water partition coefficient (Wildman–Crippen LogP) is 6.06. The zero-order valence-electron chi connectivity index (χ0n) is 20.7. The van der Waals surface area contributed by atoms with E-state index in [2.05, 4.69) is 20.8 Å². The Balaban J connectivity index is 1.79. The summed E-state index contributed by atoms with van der Waals surface area (Å²) in [6.45, 7) is 10.3. The summed E-state index contributed by atoms with van der Waals surface area (Å²) >= 11 is 0.